The van der Waals surface area contributed by atoms with Gasteiger partial charge in [-0.15, -0.1) is 11.8 Å². The van der Waals surface area contributed by atoms with Gasteiger partial charge in [-0.25, -0.2) is 0 Å². The first-order valence-corrected chi connectivity index (χ1v) is 5.70. The van der Waals surface area contributed by atoms with Crippen LogP contribution in [0.4, 0.5) is 0 Å². The van der Waals surface area contributed by atoms with Crippen LogP contribution >= 0.6 is 11.8 Å². The number of hydrogen-bond acceptors (Lipinski definition) is 4. The van der Waals surface area contributed by atoms with Gasteiger partial charge in [0.2, 0.25) is 0 Å². The summed E-state index contributed by atoms with van der Waals surface area (Å²) in [4.78, 5) is 12.4. The molecule has 3 nitrogen and oxygen atoms in total. The van der Waals surface area contributed by atoms with E-state index < -0.39 is 12.0 Å². The highest BCUT2D eigenvalue weighted by molar-refractivity contribution is 7.99. The second-order valence-corrected chi connectivity index (χ2v) is 4.49. The molecule has 2 rings (SSSR count). The van der Waals surface area contributed by atoms with Gasteiger partial charge < -0.3 is 9.84 Å². The first kappa shape index (κ1) is 10.5. The third-order valence-electron chi connectivity index (χ3n) is 2.54. The summed E-state index contributed by atoms with van der Waals surface area (Å²) in [6, 6.07) is 7.60. The number of carbonyl (C=O) groups is 1. The lowest BCUT2D eigenvalue weighted by Crippen LogP contribution is -2.28. The van der Waals surface area contributed by atoms with Crippen LogP contribution in [-0.2, 0) is 9.53 Å². The van der Waals surface area contributed by atoms with Crippen LogP contribution < -0.4 is 0 Å². The zero-order chi connectivity index (χ0) is 10.8. The molecule has 1 aromatic rings. The number of rotatable bonds is 1. The highest BCUT2D eigenvalue weighted by atomic mass is 32.2. The Morgan fingerprint density at radius 3 is 3.00 bits per heavy atom. The second kappa shape index (κ2) is 4.24. The van der Waals surface area contributed by atoms with Gasteiger partial charge in [0.1, 0.15) is 0 Å². The normalized spacial score (nSPS) is 24.4. The van der Waals surface area contributed by atoms with Gasteiger partial charge >= 0.3 is 5.97 Å². The minimum atomic E-state index is -0.741. The number of hydrogen-bond donors (Lipinski definition) is 1. The molecular formula is C11H12O3S. The Morgan fingerprint density at radius 2 is 2.27 bits per heavy atom. The molecule has 2 atom stereocenters. The first-order chi connectivity index (χ1) is 7.24. The molecule has 15 heavy (non-hydrogen) atoms. The molecule has 0 aliphatic carbocycles. The summed E-state index contributed by atoms with van der Waals surface area (Å²) >= 11 is 1.58. The maximum atomic E-state index is 11.4. The summed E-state index contributed by atoms with van der Waals surface area (Å²) in [5, 5.41) is 10.0. The molecule has 0 amide bonds. The number of ether oxygens (including phenoxy) is 1. The fraction of sp³-hybridized carbons (Fsp3) is 0.364. The molecule has 80 valence electrons. The predicted octanol–water partition coefficient (Wildman–Crippen LogP) is 1.61. The third kappa shape index (κ3) is 1.87. The molecule has 1 N–H and O–H groups in total. The lowest BCUT2D eigenvalue weighted by Gasteiger charge is -2.27. The Bertz CT molecular complexity index is 378. The number of fused-ring (bicyclic) bond motifs is 1. The zero-order valence-electron chi connectivity index (χ0n) is 8.34. The molecule has 1 heterocycles. The summed E-state index contributed by atoms with van der Waals surface area (Å²) in [6.07, 6.45) is -0.741. The van der Waals surface area contributed by atoms with Crippen LogP contribution in [0.1, 0.15) is 11.7 Å². The number of aliphatic hydroxyl groups excluding tert-OH is 1. The maximum Gasteiger partial charge on any atom is 0.312 e. The molecule has 0 saturated heterocycles. The van der Waals surface area contributed by atoms with Crippen LogP contribution in [0.2, 0.25) is 0 Å². The molecule has 0 aromatic heterocycles. The number of carbonyl (C=O) groups excluding carboxylic acids is 1. The second-order valence-electron chi connectivity index (χ2n) is 3.42. The lowest BCUT2D eigenvalue weighted by atomic mass is 9.97. The average Bonchev–Trinajstić information content (AvgIpc) is 2.29. The Balaban J connectivity index is 2.29. The largest absolute Gasteiger partial charge is 0.469 e. The van der Waals surface area contributed by atoms with Crippen molar-refractivity contribution in [2.45, 2.75) is 11.0 Å². The molecule has 0 bridgehead atoms. The Hall–Kier alpha value is -1.00. The third-order valence-corrected chi connectivity index (χ3v) is 3.75. The number of benzene rings is 1. The van der Waals surface area contributed by atoms with E-state index in [9.17, 15) is 9.90 Å². The lowest BCUT2D eigenvalue weighted by molar-refractivity contribution is -0.148. The minimum Gasteiger partial charge on any atom is -0.469 e. The Kier molecular flexibility index (Phi) is 2.98. The van der Waals surface area contributed by atoms with Crippen LogP contribution in [-0.4, -0.2) is 23.9 Å². The van der Waals surface area contributed by atoms with Crippen molar-refractivity contribution >= 4 is 17.7 Å². The molecule has 0 fully saturated rings. The fourth-order valence-corrected chi connectivity index (χ4v) is 2.90. The van der Waals surface area contributed by atoms with Gasteiger partial charge in [0.25, 0.3) is 0 Å². The van der Waals surface area contributed by atoms with Gasteiger partial charge in [-0.05, 0) is 11.6 Å². The van der Waals surface area contributed by atoms with E-state index in [-0.39, 0.29) is 5.97 Å². The molecule has 0 saturated carbocycles. The SMILES string of the molecule is COC(=O)C1CSc2ccccc2C1O. The van der Waals surface area contributed by atoms with Crippen LogP contribution in [0, 0.1) is 5.92 Å². The number of methoxy groups -OCH3 is 1. The molecule has 4 heteroatoms. The zero-order valence-corrected chi connectivity index (χ0v) is 9.16. The van der Waals surface area contributed by atoms with E-state index >= 15 is 0 Å². The maximum absolute atomic E-state index is 11.4. The fourth-order valence-electron chi connectivity index (χ4n) is 1.69. The molecule has 2 unspecified atom stereocenters. The number of thioether (sulfide) groups is 1. The molecule has 0 radical (unpaired) electrons. The van der Waals surface area contributed by atoms with E-state index in [1.807, 2.05) is 24.3 Å². The average molecular weight is 224 g/mol. The van der Waals surface area contributed by atoms with Crippen molar-refractivity contribution in [1.29, 1.82) is 0 Å². The van der Waals surface area contributed by atoms with Crippen molar-refractivity contribution < 1.29 is 14.6 Å². The van der Waals surface area contributed by atoms with Crippen molar-refractivity contribution in [2.24, 2.45) is 5.92 Å². The molecule has 0 spiro atoms. The van der Waals surface area contributed by atoms with E-state index in [1.54, 1.807) is 11.8 Å². The van der Waals surface area contributed by atoms with E-state index in [1.165, 1.54) is 7.11 Å². The highest BCUT2D eigenvalue weighted by Gasteiger charge is 2.34. The van der Waals surface area contributed by atoms with Gasteiger partial charge in [-0.3, -0.25) is 4.79 Å². The molecule has 1 aromatic carbocycles. The van der Waals surface area contributed by atoms with Crippen molar-refractivity contribution in [3.05, 3.63) is 29.8 Å². The smallest absolute Gasteiger partial charge is 0.312 e. The van der Waals surface area contributed by atoms with Crippen LogP contribution in [0.3, 0.4) is 0 Å². The molecular weight excluding hydrogens is 212 g/mol. The summed E-state index contributed by atoms with van der Waals surface area (Å²) in [5.41, 5.74) is 0.823. The summed E-state index contributed by atoms with van der Waals surface area (Å²) in [7, 11) is 1.35. The van der Waals surface area contributed by atoms with E-state index in [2.05, 4.69) is 4.74 Å². The number of esters is 1. The molecule has 1 aliphatic rings. The first-order valence-electron chi connectivity index (χ1n) is 4.71. The summed E-state index contributed by atoms with van der Waals surface area (Å²) in [5.74, 6) is -0.218. The monoisotopic (exact) mass is 224 g/mol. The van der Waals surface area contributed by atoms with Gasteiger partial charge in [0.05, 0.1) is 19.1 Å². The van der Waals surface area contributed by atoms with E-state index in [0.717, 1.165) is 10.5 Å². The van der Waals surface area contributed by atoms with Crippen molar-refractivity contribution in [1.82, 2.24) is 0 Å². The summed E-state index contributed by atoms with van der Waals surface area (Å²) < 4.78 is 4.66. The Labute approximate surface area is 92.4 Å². The highest BCUT2D eigenvalue weighted by Crippen LogP contribution is 2.39. The standard InChI is InChI=1S/C11H12O3S/c1-14-11(13)8-6-15-9-5-3-2-4-7(9)10(8)12/h2-5,8,10,12H,6H2,1H3. The Morgan fingerprint density at radius 1 is 1.53 bits per heavy atom. The van der Waals surface area contributed by atoms with Gasteiger partial charge in [0.15, 0.2) is 0 Å². The number of aliphatic hydroxyl groups is 1. The van der Waals surface area contributed by atoms with Crippen molar-refractivity contribution in [3.63, 3.8) is 0 Å². The van der Waals surface area contributed by atoms with E-state index in [4.69, 9.17) is 0 Å². The van der Waals surface area contributed by atoms with Crippen molar-refractivity contribution in [3.8, 4) is 0 Å². The van der Waals surface area contributed by atoms with Crippen LogP contribution in [0.5, 0.6) is 0 Å². The minimum absolute atomic E-state index is 0.343. The molecule has 1 aliphatic heterocycles. The van der Waals surface area contributed by atoms with Gasteiger partial charge in [0, 0.05) is 10.6 Å². The topological polar surface area (TPSA) is 46.5 Å². The van der Waals surface area contributed by atoms with Gasteiger partial charge in [-0.2, -0.15) is 0 Å². The summed E-state index contributed by atoms with van der Waals surface area (Å²) in [6.45, 7) is 0. The predicted molar refractivity (Wildman–Crippen MR) is 57.6 cm³/mol. The van der Waals surface area contributed by atoms with Gasteiger partial charge in [-0.1, -0.05) is 18.2 Å². The van der Waals surface area contributed by atoms with Crippen LogP contribution in [0.15, 0.2) is 29.2 Å². The van der Waals surface area contributed by atoms with Crippen LogP contribution in [0.25, 0.3) is 0 Å². The van der Waals surface area contributed by atoms with E-state index in [0.29, 0.717) is 5.75 Å². The van der Waals surface area contributed by atoms with Crippen molar-refractivity contribution in [2.75, 3.05) is 12.9 Å². The quantitative estimate of drug-likeness (QED) is 0.736.